The lowest BCUT2D eigenvalue weighted by atomic mass is 10.1. The summed E-state index contributed by atoms with van der Waals surface area (Å²) >= 11 is 0. The van der Waals surface area contributed by atoms with Crippen molar-refractivity contribution >= 4 is 23.6 Å². The molecule has 10 nitrogen and oxygen atoms in total. The van der Waals surface area contributed by atoms with Crippen LogP contribution in [0, 0.1) is 15.9 Å². The molecule has 2 heterocycles. The number of hydrogen-bond acceptors (Lipinski definition) is 8. The van der Waals surface area contributed by atoms with Gasteiger partial charge in [0.15, 0.2) is 12.1 Å². The molecule has 0 unspecified atom stereocenters. The second-order valence-corrected chi connectivity index (χ2v) is 6.55. The third-order valence-electron chi connectivity index (χ3n) is 4.48. The monoisotopic (exact) mass is 434 g/mol. The predicted molar refractivity (Wildman–Crippen MR) is 112 cm³/mol. The minimum atomic E-state index is -0.552. The van der Waals surface area contributed by atoms with Crippen LogP contribution in [0.3, 0.4) is 0 Å². The van der Waals surface area contributed by atoms with Crippen LogP contribution < -0.4 is 10.1 Å². The van der Waals surface area contributed by atoms with Crippen molar-refractivity contribution in [1.82, 2.24) is 20.2 Å². The molecule has 4 aromatic rings. The van der Waals surface area contributed by atoms with Crippen molar-refractivity contribution in [2.24, 2.45) is 0 Å². The molecule has 0 aliphatic rings. The van der Waals surface area contributed by atoms with E-state index in [0.717, 1.165) is 0 Å². The maximum atomic E-state index is 13.1. The SMILES string of the molecule is O=Cc1c(Nc2cnccn2)n[nH]c1-c1ccc([N+](=O)[O-])cc1OCc1ccc(F)cc1. The van der Waals surface area contributed by atoms with Gasteiger partial charge in [-0.1, -0.05) is 12.1 Å². The van der Waals surface area contributed by atoms with E-state index >= 15 is 0 Å². The Labute approximate surface area is 180 Å². The fourth-order valence-corrected chi connectivity index (χ4v) is 2.94. The van der Waals surface area contributed by atoms with E-state index in [9.17, 15) is 19.3 Å². The number of halogens is 1. The summed E-state index contributed by atoms with van der Waals surface area (Å²) in [4.78, 5) is 30.6. The number of aromatic amines is 1. The minimum absolute atomic E-state index is 0.0315. The van der Waals surface area contributed by atoms with Crippen molar-refractivity contribution in [1.29, 1.82) is 0 Å². The Balaban J connectivity index is 1.70. The molecule has 32 heavy (non-hydrogen) atoms. The first-order valence-electron chi connectivity index (χ1n) is 9.28. The van der Waals surface area contributed by atoms with E-state index in [4.69, 9.17) is 4.74 Å². The Kier molecular flexibility index (Phi) is 5.79. The number of carbonyl (C=O) groups is 1. The molecule has 2 aromatic heterocycles. The summed E-state index contributed by atoms with van der Waals surface area (Å²) in [5.41, 5.74) is 1.34. The summed E-state index contributed by atoms with van der Waals surface area (Å²) in [6.45, 7) is 0.0315. The van der Waals surface area contributed by atoms with Gasteiger partial charge < -0.3 is 10.1 Å². The average molecular weight is 434 g/mol. The number of aldehydes is 1. The smallest absolute Gasteiger partial charge is 0.273 e. The Bertz CT molecular complexity index is 1260. The van der Waals surface area contributed by atoms with E-state index in [-0.39, 0.29) is 35.2 Å². The summed E-state index contributed by atoms with van der Waals surface area (Å²) < 4.78 is 18.9. The standard InChI is InChI=1S/C21H15FN6O4/c22-14-3-1-13(2-4-14)12-32-18-9-15(28(30)31)5-6-16(18)20-17(11-29)21(27-26-20)25-19-10-23-7-8-24-19/h1-11H,12H2,(H2,24,25,26,27). The highest BCUT2D eigenvalue weighted by atomic mass is 19.1. The first kappa shape index (κ1) is 20.6. The summed E-state index contributed by atoms with van der Waals surface area (Å²) in [7, 11) is 0. The number of benzene rings is 2. The number of nitro groups is 1. The fraction of sp³-hybridized carbons (Fsp3) is 0.0476. The van der Waals surface area contributed by atoms with E-state index in [0.29, 0.717) is 28.9 Å². The first-order valence-corrected chi connectivity index (χ1v) is 9.28. The van der Waals surface area contributed by atoms with E-state index < -0.39 is 4.92 Å². The van der Waals surface area contributed by atoms with Crippen molar-refractivity contribution < 1.29 is 18.8 Å². The zero-order valence-corrected chi connectivity index (χ0v) is 16.4. The highest BCUT2D eigenvalue weighted by molar-refractivity contribution is 5.94. The Morgan fingerprint density at radius 1 is 1.19 bits per heavy atom. The third-order valence-corrected chi connectivity index (χ3v) is 4.48. The molecule has 0 aliphatic heterocycles. The topological polar surface area (TPSA) is 136 Å². The summed E-state index contributed by atoms with van der Waals surface area (Å²) in [5, 5.41) is 21.0. The highest BCUT2D eigenvalue weighted by Gasteiger charge is 2.21. The van der Waals surface area contributed by atoms with Gasteiger partial charge in [-0.2, -0.15) is 5.10 Å². The van der Waals surface area contributed by atoms with Gasteiger partial charge in [-0.15, -0.1) is 0 Å². The predicted octanol–water partition coefficient (Wildman–Crippen LogP) is 4.05. The Morgan fingerprint density at radius 3 is 2.69 bits per heavy atom. The molecule has 0 aliphatic carbocycles. The summed E-state index contributed by atoms with van der Waals surface area (Å²) in [6, 6.07) is 9.68. The zero-order valence-electron chi connectivity index (χ0n) is 16.4. The van der Waals surface area contributed by atoms with Crippen LogP contribution in [0.5, 0.6) is 5.75 Å². The quantitative estimate of drug-likeness (QED) is 0.241. The second-order valence-electron chi connectivity index (χ2n) is 6.55. The number of nitrogens with one attached hydrogen (secondary N) is 2. The molecule has 0 bridgehead atoms. The first-order chi connectivity index (χ1) is 15.5. The fourth-order valence-electron chi connectivity index (χ4n) is 2.94. The maximum absolute atomic E-state index is 13.1. The number of H-pyrrole nitrogens is 1. The molecule has 11 heteroatoms. The van der Waals surface area contributed by atoms with E-state index in [1.54, 1.807) is 12.1 Å². The molecule has 0 atom stereocenters. The Hall–Kier alpha value is -4.67. The van der Waals surface area contributed by atoms with Gasteiger partial charge in [0.2, 0.25) is 0 Å². The Morgan fingerprint density at radius 2 is 2.00 bits per heavy atom. The number of non-ortho nitro benzene ring substituents is 1. The molecule has 2 N–H and O–H groups in total. The van der Waals surface area contributed by atoms with Gasteiger partial charge >= 0.3 is 0 Å². The van der Waals surface area contributed by atoms with Crippen molar-refractivity contribution in [3.05, 3.63) is 88.1 Å². The number of ether oxygens (including phenoxy) is 1. The number of anilines is 2. The molecule has 0 fully saturated rings. The van der Waals surface area contributed by atoms with Crippen LogP contribution in [0.2, 0.25) is 0 Å². The van der Waals surface area contributed by atoms with Gasteiger partial charge in [-0.3, -0.25) is 25.0 Å². The van der Waals surface area contributed by atoms with E-state index in [1.165, 1.54) is 48.9 Å². The largest absolute Gasteiger partial charge is 0.488 e. The molecule has 160 valence electrons. The number of nitro benzene ring substituents is 1. The van der Waals surface area contributed by atoms with Crippen LogP contribution in [-0.4, -0.2) is 31.4 Å². The third kappa shape index (κ3) is 4.41. The number of carbonyl (C=O) groups excluding carboxylic acids is 1. The van der Waals surface area contributed by atoms with E-state index in [2.05, 4.69) is 25.5 Å². The molecular weight excluding hydrogens is 419 g/mol. The number of hydrogen-bond donors (Lipinski definition) is 2. The van der Waals surface area contributed by atoms with Gasteiger partial charge in [0.1, 0.15) is 24.0 Å². The molecular formula is C21H15FN6O4. The number of nitrogens with zero attached hydrogens (tertiary/aromatic N) is 4. The summed E-state index contributed by atoms with van der Waals surface area (Å²) in [5.74, 6) is 0.353. The number of aromatic nitrogens is 4. The number of rotatable bonds is 8. The van der Waals surface area contributed by atoms with Crippen LogP contribution in [0.25, 0.3) is 11.3 Å². The normalized spacial score (nSPS) is 10.5. The van der Waals surface area contributed by atoms with Gasteiger partial charge in [0.25, 0.3) is 5.69 Å². The minimum Gasteiger partial charge on any atom is -0.488 e. The van der Waals surface area contributed by atoms with Crippen LogP contribution in [0.1, 0.15) is 15.9 Å². The lowest BCUT2D eigenvalue weighted by molar-refractivity contribution is -0.384. The van der Waals surface area contributed by atoms with Crippen LogP contribution >= 0.6 is 0 Å². The molecule has 4 rings (SSSR count). The second kappa shape index (κ2) is 9.00. The van der Waals surface area contributed by atoms with Crippen molar-refractivity contribution in [3.8, 4) is 17.0 Å². The van der Waals surface area contributed by atoms with Crippen molar-refractivity contribution in [3.63, 3.8) is 0 Å². The van der Waals surface area contributed by atoms with Gasteiger partial charge in [-0.05, 0) is 23.8 Å². The highest BCUT2D eigenvalue weighted by Crippen LogP contribution is 2.36. The average Bonchev–Trinajstić information content (AvgIpc) is 3.21. The molecule has 0 spiro atoms. The lowest BCUT2D eigenvalue weighted by Gasteiger charge is -2.11. The van der Waals surface area contributed by atoms with E-state index in [1.807, 2.05) is 0 Å². The van der Waals surface area contributed by atoms with Crippen molar-refractivity contribution in [2.45, 2.75) is 6.61 Å². The van der Waals surface area contributed by atoms with Gasteiger partial charge in [0.05, 0.1) is 28.4 Å². The molecule has 0 saturated heterocycles. The molecule has 0 radical (unpaired) electrons. The molecule has 0 amide bonds. The maximum Gasteiger partial charge on any atom is 0.273 e. The summed E-state index contributed by atoms with van der Waals surface area (Å²) in [6.07, 6.45) is 5.05. The van der Waals surface area contributed by atoms with Crippen LogP contribution in [0.15, 0.2) is 61.1 Å². The molecule has 2 aromatic carbocycles. The van der Waals surface area contributed by atoms with Gasteiger partial charge in [0, 0.05) is 24.0 Å². The molecule has 0 saturated carbocycles. The van der Waals surface area contributed by atoms with Gasteiger partial charge in [-0.25, -0.2) is 9.37 Å². The van der Waals surface area contributed by atoms with Crippen molar-refractivity contribution in [2.75, 3.05) is 5.32 Å². The van der Waals surface area contributed by atoms with Crippen LogP contribution in [0.4, 0.5) is 21.7 Å². The van der Waals surface area contributed by atoms with Crippen LogP contribution in [-0.2, 0) is 6.61 Å². The lowest BCUT2D eigenvalue weighted by Crippen LogP contribution is -2.00. The zero-order chi connectivity index (χ0) is 22.5.